The lowest BCUT2D eigenvalue weighted by molar-refractivity contribution is -0.384. The van der Waals surface area contributed by atoms with Gasteiger partial charge in [0, 0.05) is 25.1 Å². The maximum Gasteiger partial charge on any atom is 0.292 e. The molecule has 0 atom stereocenters. The normalized spacial score (nSPS) is 14.6. The van der Waals surface area contributed by atoms with E-state index >= 15 is 0 Å². The second-order valence-corrected chi connectivity index (χ2v) is 6.43. The van der Waals surface area contributed by atoms with E-state index in [1.807, 2.05) is 36.1 Å². The zero-order valence-corrected chi connectivity index (χ0v) is 15.3. The fourth-order valence-electron chi connectivity index (χ4n) is 3.35. The molecule has 27 heavy (non-hydrogen) atoms. The third-order valence-electron chi connectivity index (χ3n) is 4.73. The number of para-hydroxylation sites is 4. The van der Waals surface area contributed by atoms with Gasteiger partial charge in [-0.2, -0.15) is 0 Å². The van der Waals surface area contributed by atoms with Crippen molar-refractivity contribution in [3.05, 3.63) is 58.6 Å². The summed E-state index contributed by atoms with van der Waals surface area (Å²) < 4.78 is 5.55. The number of rotatable bonds is 6. The van der Waals surface area contributed by atoms with Crippen molar-refractivity contribution < 1.29 is 14.5 Å². The molecule has 3 rings (SSSR count). The smallest absolute Gasteiger partial charge is 0.292 e. The van der Waals surface area contributed by atoms with Crippen molar-refractivity contribution in [3.63, 3.8) is 0 Å². The Morgan fingerprint density at radius 2 is 1.85 bits per heavy atom. The number of nitrogens with one attached hydrogen (secondary N) is 1. The van der Waals surface area contributed by atoms with Crippen molar-refractivity contribution in [1.29, 1.82) is 0 Å². The van der Waals surface area contributed by atoms with Crippen LogP contribution in [0.15, 0.2) is 48.5 Å². The average molecular weight is 369 g/mol. The number of nitro benzene ring substituents is 1. The molecular weight excluding hydrogens is 346 g/mol. The molecule has 1 heterocycles. The van der Waals surface area contributed by atoms with Gasteiger partial charge in [-0.15, -0.1) is 0 Å². The van der Waals surface area contributed by atoms with Gasteiger partial charge in [-0.05, 0) is 38.0 Å². The summed E-state index contributed by atoms with van der Waals surface area (Å²) in [7, 11) is 0. The number of nitrogens with zero attached hydrogens (tertiary/aromatic N) is 2. The molecule has 7 nitrogen and oxygen atoms in total. The van der Waals surface area contributed by atoms with E-state index in [1.165, 1.54) is 6.07 Å². The van der Waals surface area contributed by atoms with E-state index in [2.05, 4.69) is 5.32 Å². The van der Waals surface area contributed by atoms with E-state index in [0.29, 0.717) is 49.7 Å². The fourth-order valence-corrected chi connectivity index (χ4v) is 3.35. The van der Waals surface area contributed by atoms with E-state index < -0.39 is 0 Å². The molecular formula is C20H23N3O4. The van der Waals surface area contributed by atoms with Crippen molar-refractivity contribution in [3.8, 4) is 5.75 Å². The molecule has 0 aliphatic carbocycles. The second-order valence-electron chi connectivity index (χ2n) is 6.43. The van der Waals surface area contributed by atoms with Gasteiger partial charge in [0.1, 0.15) is 11.4 Å². The van der Waals surface area contributed by atoms with Crippen molar-refractivity contribution >= 4 is 23.0 Å². The summed E-state index contributed by atoms with van der Waals surface area (Å²) >= 11 is 0. The van der Waals surface area contributed by atoms with Gasteiger partial charge >= 0.3 is 0 Å². The number of hydrogen-bond acceptors (Lipinski definition) is 5. The summed E-state index contributed by atoms with van der Waals surface area (Å²) in [5.41, 5.74) is 1.39. The van der Waals surface area contributed by atoms with Crippen LogP contribution in [-0.4, -0.2) is 30.5 Å². The van der Waals surface area contributed by atoms with Crippen molar-refractivity contribution in [1.82, 2.24) is 0 Å². The Morgan fingerprint density at radius 3 is 2.56 bits per heavy atom. The average Bonchev–Trinajstić information content (AvgIpc) is 2.70. The number of nitro groups is 1. The van der Waals surface area contributed by atoms with Crippen LogP contribution in [0.5, 0.6) is 5.75 Å². The predicted octanol–water partition coefficient (Wildman–Crippen LogP) is 3.85. The van der Waals surface area contributed by atoms with Crippen LogP contribution in [0.25, 0.3) is 0 Å². The second kappa shape index (κ2) is 8.53. The Morgan fingerprint density at radius 1 is 1.19 bits per heavy atom. The Balaban J connectivity index is 1.63. The molecule has 0 spiro atoms. The minimum atomic E-state index is -0.362. The quantitative estimate of drug-likeness (QED) is 0.617. The maximum atomic E-state index is 12.6. The van der Waals surface area contributed by atoms with Gasteiger partial charge in [-0.3, -0.25) is 14.9 Å². The summed E-state index contributed by atoms with van der Waals surface area (Å²) in [5, 5.41) is 14.2. The summed E-state index contributed by atoms with van der Waals surface area (Å²) in [5.74, 6) is 0.494. The Kier molecular flexibility index (Phi) is 5.90. The monoisotopic (exact) mass is 369 g/mol. The zero-order chi connectivity index (χ0) is 19.2. The minimum absolute atomic E-state index is 0.0376. The molecule has 1 saturated heterocycles. The standard InChI is InChI=1S/C20H23N3O4/c1-2-27-19-10-6-3-7-16(19)21-20(24)15-11-13-22(14-12-15)17-8-4-5-9-18(17)23(25)26/h3-10,15H,2,11-14H2,1H3,(H,21,24). The highest BCUT2D eigenvalue weighted by Crippen LogP contribution is 2.32. The molecule has 1 aliphatic heterocycles. The number of amides is 1. The number of carbonyl (C=O) groups is 1. The number of benzene rings is 2. The summed E-state index contributed by atoms with van der Waals surface area (Å²) in [6, 6.07) is 14.1. The van der Waals surface area contributed by atoms with Gasteiger partial charge in [0.2, 0.25) is 5.91 Å². The molecule has 1 N–H and O–H groups in total. The topological polar surface area (TPSA) is 84.7 Å². The van der Waals surface area contributed by atoms with Crippen molar-refractivity contribution in [2.45, 2.75) is 19.8 Å². The highest BCUT2D eigenvalue weighted by Gasteiger charge is 2.28. The largest absolute Gasteiger partial charge is 0.492 e. The summed E-state index contributed by atoms with van der Waals surface area (Å²) in [4.78, 5) is 25.5. The zero-order valence-electron chi connectivity index (χ0n) is 15.3. The Hall–Kier alpha value is -3.09. The first-order valence-electron chi connectivity index (χ1n) is 9.11. The van der Waals surface area contributed by atoms with Gasteiger partial charge in [0.25, 0.3) is 5.69 Å². The van der Waals surface area contributed by atoms with Crippen LogP contribution in [0, 0.1) is 16.0 Å². The third-order valence-corrected chi connectivity index (χ3v) is 4.73. The van der Waals surface area contributed by atoms with Crippen LogP contribution in [-0.2, 0) is 4.79 Å². The van der Waals surface area contributed by atoms with Crippen LogP contribution < -0.4 is 15.0 Å². The Labute approximate surface area is 158 Å². The van der Waals surface area contributed by atoms with Gasteiger partial charge in [-0.1, -0.05) is 24.3 Å². The number of ether oxygens (including phenoxy) is 1. The molecule has 0 bridgehead atoms. The maximum absolute atomic E-state index is 12.6. The molecule has 7 heteroatoms. The van der Waals surface area contributed by atoms with Gasteiger partial charge in [0.05, 0.1) is 17.2 Å². The molecule has 1 amide bonds. The molecule has 0 saturated carbocycles. The van der Waals surface area contributed by atoms with E-state index in [4.69, 9.17) is 4.74 Å². The Bertz CT molecular complexity index is 816. The van der Waals surface area contributed by atoms with Gasteiger partial charge in [-0.25, -0.2) is 0 Å². The van der Waals surface area contributed by atoms with E-state index in [9.17, 15) is 14.9 Å². The fraction of sp³-hybridized carbons (Fsp3) is 0.350. The van der Waals surface area contributed by atoms with E-state index in [-0.39, 0.29) is 22.4 Å². The lowest BCUT2D eigenvalue weighted by Gasteiger charge is -2.32. The van der Waals surface area contributed by atoms with Gasteiger partial charge < -0.3 is 15.0 Å². The van der Waals surface area contributed by atoms with Crippen LogP contribution in [0.3, 0.4) is 0 Å². The van der Waals surface area contributed by atoms with Gasteiger partial charge in [0.15, 0.2) is 0 Å². The van der Waals surface area contributed by atoms with Crippen LogP contribution >= 0.6 is 0 Å². The number of carbonyl (C=O) groups excluding carboxylic acids is 1. The highest BCUT2D eigenvalue weighted by molar-refractivity contribution is 5.94. The molecule has 0 unspecified atom stereocenters. The molecule has 0 aromatic heterocycles. The third kappa shape index (κ3) is 4.36. The summed E-state index contributed by atoms with van der Waals surface area (Å²) in [6.07, 6.45) is 1.30. The molecule has 0 radical (unpaired) electrons. The van der Waals surface area contributed by atoms with Crippen LogP contribution in [0.2, 0.25) is 0 Å². The van der Waals surface area contributed by atoms with Crippen LogP contribution in [0.4, 0.5) is 17.1 Å². The highest BCUT2D eigenvalue weighted by atomic mass is 16.6. The SMILES string of the molecule is CCOc1ccccc1NC(=O)C1CCN(c2ccccc2[N+](=O)[O-])CC1. The lowest BCUT2D eigenvalue weighted by atomic mass is 9.95. The summed E-state index contributed by atoms with van der Waals surface area (Å²) in [6.45, 7) is 3.64. The van der Waals surface area contributed by atoms with Crippen molar-refractivity contribution in [2.75, 3.05) is 29.9 Å². The minimum Gasteiger partial charge on any atom is -0.492 e. The van der Waals surface area contributed by atoms with Crippen molar-refractivity contribution in [2.24, 2.45) is 5.92 Å². The molecule has 1 fully saturated rings. The number of hydrogen-bond donors (Lipinski definition) is 1. The predicted molar refractivity (Wildman–Crippen MR) is 104 cm³/mol. The van der Waals surface area contributed by atoms with E-state index in [1.54, 1.807) is 18.2 Å². The van der Waals surface area contributed by atoms with Crippen LogP contribution in [0.1, 0.15) is 19.8 Å². The first-order chi connectivity index (χ1) is 13.1. The van der Waals surface area contributed by atoms with E-state index in [0.717, 1.165) is 0 Å². The lowest BCUT2D eigenvalue weighted by Crippen LogP contribution is -2.38. The first-order valence-corrected chi connectivity index (χ1v) is 9.11. The molecule has 2 aromatic rings. The number of anilines is 2. The first kappa shape index (κ1) is 18.7. The number of piperidine rings is 1. The molecule has 1 aliphatic rings. The molecule has 2 aromatic carbocycles. The molecule has 142 valence electrons.